The summed E-state index contributed by atoms with van der Waals surface area (Å²) in [5.41, 5.74) is 0.119. The zero-order valence-electron chi connectivity index (χ0n) is 13.1. The number of carbonyl (C=O) groups is 1. The van der Waals surface area contributed by atoms with E-state index in [9.17, 15) is 18.0 Å². The van der Waals surface area contributed by atoms with Crippen molar-refractivity contribution >= 4 is 17.5 Å². The molecule has 0 radical (unpaired) electrons. The molecule has 0 fully saturated rings. The van der Waals surface area contributed by atoms with Crippen LogP contribution in [0.25, 0.3) is 11.4 Å². The molecule has 1 amide bonds. The van der Waals surface area contributed by atoms with Crippen LogP contribution < -0.4 is 5.32 Å². The normalized spacial score (nSPS) is 10.8. The van der Waals surface area contributed by atoms with Gasteiger partial charge in [0, 0.05) is 23.6 Å². The van der Waals surface area contributed by atoms with Gasteiger partial charge in [-0.15, -0.1) is 0 Å². The van der Waals surface area contributed by atoms with E-state index in [1.54, 1.807) is 24.3 Å². The first kappa shape index (κ1) is 17.9. The molecule has 0 saturated carbocycles. The number of nitrogens with zero attached hydrogens (tertiary/aromatic N) is 2. The fraction of sp³-hybridized carbons (Fsp3) is 0.118. The molecule has 0 spiro atoms. The minimum absolute atomic E-state index is 0.0412. The van der Waals surface area contributed by atoms with Crippen molar-refractivity contribution in [2.24, 2.45) is 0 Å². The van der Waals surface area contributed by atoms with Crippen LogP contribution in [0.4, 0.5) is 13.2 Å². The predicted molar refractivity (Wildman–Crippen MR) is 87.1 cm³/mol. The molecule has 0 atom stereocenters. The Kier molecular flexibility index (Phi) is 5.22. The van der Waals surface area contributed by atoms with Gasteiger partial charge in [0.1, 0.15) is 0 Å². The predicted octanol–water partition coefficient (Wildman–Crippen LogP) is 3.78. The first-order valence-corrected chi connectivity index (χ1v) is 7.83. The Bertz CT molecular complexity index is 945. The van der Waals surface area contributed by atoms with Crippen LogP contribution in [0.3, 0.4) is 0 Å². The van der Waals surface area contributed by atoms with Crippen molar-refractivity contribution in [1.82, 2.24) is 15.5 Å². The molecule has 0 unspecified atom stereocenters. The summed E-state index contributed by atoms with van der Waals surface area (Å²) in [6, 6.07) is 8.38. The first-order chi connectivity index (χ1) is 12.5. The molecule has 0 aliphatic carbocycles. The lowest BCUT2D eigenvalue weighted by atomic mass is 10.2. The Morgan fingerprint density at radius 2 is 1.81 bits per heavy atom. The molecule has 0 aliphatic heterocycles. The van der Waals surface area contributed by atoms with Crippen molar-refractivity contribution < 1.29 is 22.5 Å². The third-order valence-corrected chi connectivity index (χ3v) is 3.73. The van der Waals surface area contributed by atoms with E-state index in [0.717, 1.165) is 6.07 Å². The standard InChI is InChI=1S/C17H11ClF3N3O2/c18-10-3-1-9(2-4-10)16-23-13(26-24-16)7-8-22-17(25)11-5-6-12(19)15(21)14(11)20/h1-6H,7-8H2,(H,22,25). The number of hydrogen-bond acceptors (Lipinski definition) is 4. The summed E-state index contributed by atoms with van der Waals surface area (Å²) < 4.78 is 44.7. The van der Waals surface area contributed by atoms with Gasteiger partial charge >= 0.3 is 0 Å². The Labute approximate surface area is 150 Å². The molecule has 2 aromatic carbocycles. The average molecular weight is 382 g/mol. The summed E-state index contributed by atoms with van der Waals surface area (Å²) in [6.07, 6.45) is 0.178. The second-order valence-electron chi connectivity index (χ2n) is 5.25. The SMILES string of the molecule is O=C(NCCc1nc(-c2ccc(Cl)cc2)no1)c1ccc(F)c(F)c1F. The first-order valence-electron chi connectivity index (χ1n) is 7.46. The van der Waals surface area contributed by atoms with Crippen LogP contribution in [0.15, 0.2) is 40.9 Å². The van der Waals surface area contributed by atoms with Crippen molar-refractivity contribution in [1.29, 1.82) is 0 Å². The van der Waals surface area contributed by atoms with Crippen molar-refractivity contribution in [3.63, 3.8) is 0 Å². The number of halogens is 4. The highest BCUT2D eigenvalue weighted by molar-refractivity contribution is 6.30. The minimum Gasteiger partial charge on any atom is -0.351 e. The Balaban J connectivity index is 1.59. The monoisotopic (exact) mass is 381 g/mol. The average Bonchev–Trinajstić information content (AvgIpc) is 3.09. The van der Waals surface area contributed by atoms with Crippen LogP contribution in [0.5, 0.6) is 0 Å². The number of hydrogen-bond donors (Lipinski definition) is 1. The summed E-state index contributed by atoms with van der Waals surface area (Å²) in [5, 5.41) is 6.77. The summed E-state index contributed by atoms with van der Waals surface area (Å²) in [4.78, 5) is 16.0. The lowest BCUT2D eigenvalue weighted by Gasteiger charge is -2.05. The third kappa shape index (κ3) is 3.85. The molecule has 134 valence electrons. The molecular formula is C17H11ClF3N3O2. The van der Waals surface area contributed by atoms with Gasteiger partial charge in [-0.3, -0.25) is 4.79 Å². The van der Waals surface area contributed by atoms with Crippen LogP contribution in [0.1, 0.15) is 16.2 Å². The fourth-order valence-corrected chi connectivity index (χ4v) is 2.28. The Morgan fingerprint density at radius 1 is 1.08 bits per heavy atom. The van der Waals surface area contributed by atoms with Crippen LogP contribution >= 0.6 is 11.6 Å². The molecule has 5 nitrogen and oxygen atoms in total. The van der Waals surface area contributed by atoms with Crippen LogP contribution in [-0.2, 0) is 6.42 Å². The lowest BCUT2D eigenvalue weighted by molar-refractivity contribution is 0.0948. The molecule has 1 aromatic heterocycles. The summed E-state index contributed by atoms with van der Waals surface area (Å²) >= 11 is 5.81. The van der Waals surface area contributed by atoms with Gasteiger partial charge in [0.2, 0.25) is 11.7 Å². The van der Waals surface area contributed by atoms with Crippen molar-refractivity contribution in [3.8, 4) is 11.4 Å². The largest absolute Gasteiger partial charge is 0.351 e. The maximum atomic E-state index is 13.6. The highest BCUT2D eigenvalue weighted by Crippen LogP contribution is 2.19. The Hall–Kier alpha value is -2.87. The minimum atomic E-state index is -1.69. The second kappa shape index (κ2) is 7.57. The topological polar surface area (TPSA) is 68.0 Å². The molecule has 3 aromatic rings. The van der Waals surface area contributed by atoms with Crippen molar-refractivity contribution in [2.45, 2.75) is 6.42 Å². The quantitative estimate of drug-likeness (QED) is 0.683. The van der Waals surface area contributed by atoms with Crippen molar-refractivity contribution in [3.05, 3.63) is 70.3 Å². The van der Waals surface area contributed by atoms with Gasteiger partial charge in [-0.1, -0.05) is 16.8 Å². The molecule has 0 aliphatic rings. The smallest absolute Gasteiger partial charge is 0.254 e. The number of aromatic nitrogens is 2. The second-order valence-corrected chi connectivity index (χ2v) is 5.68. The van der Waals surface area contributed by atoms with E-state index < -0.39 is 28.9 Å². The van der Waals surface area contributed by atoms with Gasteiger partial charge in [0.05, 0.1) is 5.56 Å². The summed E-state index contributed by atoms with van der Waals surface area (Å²) in [5.74, 6) is -4.86. The number of rotatable bonds is 5. The highest BCUT2D eigenvalue weighted by atomic mass is 35.5. The lowest BCUT2D eigenvalue weighted by Crippen LogP contribution is -2.27. The van der Waals surface area contributed by atoms with Gasteiger partial charge < -0.3 is 9.84 Å². The zero-order valence-corrected chi connectivity index (χ0v) is 13.9. The van der Waals surface area contributed by atoms with E-state index in [2.05, 4.69) is 15.5 Å². The van der Waals surface area contributed by atoms with Crippen LogP contribution in [-0.4, -0.2) is 22.6 Å². The maximum Gasteiger partial charge on any atom is 0.254 e. The van der Waals surface area contributed by atoms with Crippen molar-refractivity contribution in [2.75, 3.05) is 6.54 Å². The van der Waals surface area contributed by atoms with E-state index in [1.807, 2.05) is 0 Å². The molecule has 3 rings (SSSR count). The van der Waals surface area contributed by atoms with E-state index in [1.165, 1.54) is 0 Å². The maximum absolute atomic E-state index is 13.6. The molecule has 26 heavy (non-hydrogen) atoms. The van der Waals surface area contributed by atoms with Gasteiger partial charge in [-0.2, -0.15) is 4.98 Å². The third-order valence-electron chi connectivity index (χ3n) is 3.47. The zero-order chi connectivity index (χ0) is 18.7. The van der Waals surface area contributed by atoms with E-state index in [-0.39, 0.29) is 18.9 Å². The van der Waals surface area contributed by atoms with E-state index in [4.69, 9.17) is 16.1 Å². The van der Waals surface area contributed by atoms with E-state index in [0.29, 0.717) is 22.5 Å². The molecule has 0 saturated heterocycles. The van der Waals surface area contributed by atoms with Gasteiger partial charge in [-0.25, -0.2) is 13.2 Å². The molecule has 1 heterocycles. The fourth-order valence-electron chi connectivity index (χ4n) is 2.15. The molecule has 1 N–H and O–H groups in total. The summed E-state index contributed by atoms with van der Waals surface area (Å²) in [7, 11) is 0. The van der Waals surface area contributed by atoms with Crippen LogP contribution in [0.2, 0.25) is 5.02 Å². The molecule has 9 heteroatoms. The number of amides is 1. The van der Waals surface area contributed by atoms with Gasteiger partial charge in [0.25, 0.3) is 5.91 Å². The number of nitrogens with one attached hydrogen (secondary N) is 1. The summed E-state index contributed by atoms with van der Waals surface area (Å²) in [6.45, 7) is 0.0412. The van der Waals surface area contributed by atoms with Crippen LogP contribution in [0, 0.1) is 17.5 Å². The molecular weight excluding hydrogens is 371 g/mol. The van der Waals surface area contributed by atoms with Gasteiger partial charge in [0.15, 0.2) is 17.5 Å². The molecule has 0 bridgehead atoms. The number of benzene rings is 2. The highest BCUT2D eigenvalue weighted by Gasteiger charge is 2.18. The number of carbonyl (C=O) groups excluding carboxylic acids is 1. The van der Waals surface area contributed by atoms with E-state index >= 15 is 0 Å². The Morgan fingerprint density at radius 3 is 2.54 bits per heavy atom. The van der Waals surface area contributed by atoms with Gasteiger partial charge in [-0.05, 0) is 36.4 Å².